The van der Waals surface area contributed by atoms with Crippen LogP contribution in [0.25, 0.3) is 0 Å². The van der Waals surface area contributed by atoms with E-state index in [1.165, 1.54) is 6.08 Å². The molecule has 0 aromatic heterocycles. The molecule has 1 atom stereocenters. The van der Waals surface area contributed by atoms with Gasteiger partial charge in [0.2, 0.25) is 0 Å². The number of allylic oxidation sites excluding steroid dienone is 4. The first-order valence-corrected chi connectivity index (χ1v) is 13.1. The minimum Gasteiger partial charge on any atom is -0.508 e. The average Bonchev–Trinajstić information content (AvgIpc) is 2.81. The number of carbonyl (C=O) groups is 2. The van der Waals surface area contributed by atoms with E-state index >= 15 is 0 Å². The lowest BCUT2D eigenvalue weighted by Crippen LogP contribution is -2.54. The van der Waals surface area contributed by atoms with E-state index in [1.807, 2.05) is 53.7 Å². The maximum absolute atomic E-state index is 13.3. The third kappa shape index (κ3) is 13.2. The van der Waals surface area contributed by atoms with Crippen molar-refractivity contribution in [3.05, 3.63) is 78.9 Å². The quantitative estimate of drug-likeness (QED) is 0.190. The Hall–Kier alpha value is -3.08. The highest BCUT2D eigenvalue weighted by atomic mass is 16.6. The third-order valence-electron chi connectivity index (χ3n) is 5.22. The van der Waals surface area contributed by atoms with Crippen molar-refractivity contribution in [3.8, 4) is 5.75 Å². The summed E-state index contributed by atoms with van der Waals surface area (Å²) in [5.41, 5.74) is -0.340. The highest BCUT2D eigenvalue weighted by Gasteiger charge is 2.43. The molecule has 208 valence electrons. The average molecular weight is 514 g/mol. The number of nitrogens with one attached hydrogen (secondary N) is 1. The third-order valence-corrected chi connectivity index (χ3v) is 5.22. The highest BCUT2D eigenvalue weighted by molar-refractivity contribution is 5.99. The van der Waals surface area contributed by atoms with Gasteiger partial charge >= 0.3 is 5.97 Å². The fourth-order valence-electron chi connectivity index (χ4n) is 3.91. The number of benzene rings is 1. The number of esters is 1. The molecule has 0 heterocycles. The molecule has 1 rings (SSSR count). The first kappa shape index (κ1) is 36.1. The van der Waals surface area contributed by atoms with Crippen LogP contribution in [0.3, 0.4) is 0 Å². The molecule has 1 aromatic carbocycles. The standard InChI is InChI=1S/C28H39NO4.2C2H6/c1-10-12-14-20(13-11-2)24(31)29-23(25(32)33-26(3,4)5)28(8,9)19-27(6,7)21-15-17-22(30)18-16-21;2*1-2/h10-18,23,30H,1-2,19H2,3-9H3,(H,29,31);2*1-2H3/b14-12-,20-13+;;. The van der Waals surface area contributed by atoms with Crippen molar-refractivity contribution in [2.45, 2.75) is 99.6 Å². The van der Waals surface area contributed by atoms with Gasteiger partial charge in [0.05, 0.1) is 0 Å². The number of ether oxygens (including phenoxy) is 1. The van der Waals surface area contributed by atoms with Gasteiger partial charge in [-0.25, -0.2) is 4.79 Å². The lowest BCUT2D eigenvalue weighted by molar-refractivity contribution is -0.162. The van der Waals surface area contributed by atoms with Gasteiger partial charge in [-0.2, -0.15) is 0 Å². The van der Waals surface area contributed by atoms with Crippen molar-refractivity contribution in [2.24, 2.45) is 5.41 Å². The Kier molecular flexibility index (Phi) is 16.2. The SMILES string of the molecule is C=C/C=C\C(=C/C=C)C(=O)NC(C(=O)OC(C)(C)C)C(C)(C)CC(C)(C)c1ccc(O)cc1.CC.CC. The van der Waals surface area contributed by atoms with E-state index in [4.69, 9.17) is 4.74 Å². The van der Waals surface area contributed by atoms with E-state index in [-0.39, 0.29) is 11.2 Å². The van der Waals surface area contributed by atoms with Crippen LogP contribution in [0.2, 0.25) is 0 Å². The Morgan fingerprint density at radius 2 is 1.46 bits per heavy atom. The summed E-state index contributed by atoms with van der Waals surface area (Å²) in [5.74, 6) is -0.700. The molecule has 0 bridgehead atoms. The van der Waals surface area contributed by atoms with Gasteiger partial charge in [0.25, 0.3) is 5.91 Å². The number of hydrogen-bond donors (Lipinski definition) is 2. The predicted molar refractivity (Wildman–Crippen MR) is 158 cm³/mol. The van der Waals surface area contributed by atoms with E-state index in [1.54, 1.807) is 57.2 Å². The van der Waals surface area contributed by atoms with Gasteiger partial charge in [-0.1, -0.05) is 105 Å². The van der Waals surface area contributed by atoms with Gasteiger partial charge in [0, 0.05) is 5.57 Å². The van der Waals surface area contributed by atoms with Crippen LogP contribution in [0.4, 0.5) is 0 Å². The van der Waals surface area contributed by atoms with E-state index in [2.05, 4.69) is 32.3 Å². The summed E-state index contributed by atoms with van der Waals surface area (Å²) in [6.07, 6.45) is 8.50. The number of rotatable bonds is 10. The number of hydrogen-bond acceptors (Lipinski definition) is 4. The minimum absolute atomic E-state index is 0.196. The zero-order chi connectivity index (χ0) is 29.4. The van der Waals surface area contributed by atoms with Crippen LogP contribution >= 0.6 is 0 Å². The van der Waals surface area contributed by atoms with Gasteiger partial charge in [-0.15, -0.1) is 0 Å². The first-order chi connectivity index (χ1) is 17.1. The summed E-state index contributed by atoms with van der Waals surface area (Å²) < 4.78 is 5.68. The zero-order valence-corrected chi connectivity index (χ0v) is 25.1. The molecule has 1 aromatic rings. The number of amides is 1. The molecular formula is C32H51NO4. The molecule has 5 nitrogen and oxygen atoms in total. The largest absolute Gasteiger partial charge is 0.508 e. The lowest BCUT2D eigenvalue weighted by atomic mass is 9.68. The van der Waals surface area contributed by atoms with E-state index in [9.17, 15) is 14.7 Å². The van der Waals surface area contributed by atoms with Crippen LogP contribution < -0.4 is 5.32 Å². The van der Waals surface area contributed by atoms with Crippen LogP contribution in [-0.4, -0.2) is 28.6 Å². The van der Waals surface area contributed by atoms with Gasteiger partial charge in [0.1, 0.15) is 17.4 Å². The van der Waals surface area contributed by atoms with E-state index < -0.39 is 28.9 Å². The molecule has 0 saturated heterocycles. The first-order valence-electron chi connectivity index (χ1n) is 13.1. The molecular weight excluding hydrogens is 462 g/mol. The Bertz CT molecular complexity index is 913. The summed E-state index contributed by atoms with van der Waals surface area (Å²) in [6, 6.07) is 6.14. The molecule has 0 fully saturated rings. The monoisotopic (exact) mass is 513 g/mol. The van der Waals surface area contributed by atoms with Crippen molar-refractivity contribution in [3.63, 3.8) is 0 Å². The van der Waals surface area contributed by atoms with Crippen molar-refractivity contribution in [1.29, 1.82) is 0 Å². The number of carbonyl (C=O) groups excluding carboxylic acids is 2. The summed E-state index contributed by atoms with van der Waals surface area (Å²) in [7, 11) is 0. The van der Waals surface area contributed by atoms with Crippen molar-refractivity contribution in [1.82, 2.24) is 5.32 Å². The van der Waals surface area contributed by atoms with Gasteiger partial charge in [-0.05, 0) is 61.8 Å². The molecule has 0 saturated carbocycles. The van der Waals surface area contributed by atoms with Crippen molar-refractivity contribution < 1.29 is 19.4 Å². The van der Waals surface area contributed by atoms with E-state index in [0.717, 1.165) is 5.56 Å². The normalized spacial score (nSPS) is 12.8. The van der Waals surface area contributed by atoms with Crippen molar-refractivity contribution >= 4 is 11.9 Å². The topological polar surface area (TPSA) is 75.6 Å². The molecule has 0 spiro atoms. The molecule has 0 aliphatic heterocycles. The predicted octanol–water partition coefficient (Wildman–Crippen LogP) is 7.82. The Morgan fingerprint density at radius 3 is 1.89 bits per heavy atom. The Labute approximate surface area is 226 Å². The number of phenolic OH excluding ortho intramolecular Hbond substituents is 1. The van der Waals surface area contributed by atoms with Crippen LogP contribution in [0.15, 0.2) is 73.4 Å². The van der Waals surface area contributed by atoms with E-state index in [0.29, 0.717) is 12.0 Å². The summed E-state index contributed by atoms with van der Waals surface area (Å²) >= 11 is 0. The Balaban J connectivity index is 0. The molecule has 0 aliphatic carbocycles. The molecule has 1 amide bonds. The van der Waals surface area contributed by atoms with Crippen LogP contribution in [0.5, 0.6) is 5.75 Å². The maximum atomic E-state index is 13.3. The van der Waals surface area contributed by atoms with Crippen LogP contribution in [0.1, 0.15) is 88.1 Å². The summed E-state index contributed by atoms with van der Waals surface area (Å²) in [6.45, 7) is 28.7. The van der Waals surface area contributed by atoms with Gasteiger partial charge in [-0.3, -0.25) is 4.79 Å². The second-order valence-corrected chi connectivity index (χ2v) is 10.5. The second-order valence-electron chi connectivity index (χ2n) is 10.5. The smallest absolute Gasteiger partial charge is 0.329 e. The fourth-order valence-corrected chi connectivity index (χ4v) is 3.91. The van der Waals surface area contributed by atoms with Gasteiger partial charge < -0.3 is 15.2 Å². The minimum atomic E-state index is -0.897. The molecule has 37 heavy (non-hydrogen) atoms. The Morgan fingerprint density at radius 1 is 0.946 bits per heavy atom. The molecule has 2 N–H and O–H groups in total. The second kappa shape index (κ2) is 16.6. The van der Waals surface area contributed by atoms with Crippen LogP contribution in [-0.2, 0) is 19.7 Å². The lowest BCUT2D eigenvalue weighted by Gasteiger charge is -2.40. The maximum Gasteiger partial charge on any atom is 0.329 e. The number of aromatic hydroxyl groups is 1. The molecule has 5 heteroatoms. The van der Waals surface area contributed by atoms with Gasteiger partial charge in [0.15, 0.2) is 0 Å². The van der Waals surface area contributed by atoms with Crippen molar-refractivity contribution in [2.75, 3.05) is 0 Å². The summed E-state index contributed by atoms with van der Waals surface area (Å²) in [5, 5.41) is 12.5. The zero-order valence-electron chi connectivity index (χ0n) is 25.1. The highest BCUT2D eigenvalue weighted by Crippen LogP contribution is 2.40. The summed E-state index contributed by atoms with van der Waals surface area (Å²) in [4.78, 5) is 26.3. The molecule has 1 unspecified atom stereocenters. The van der Waals surface area contributed by atoms with Crippen LogP contribution in [0, 0.1) is 5.41 Å². The fraction of sp³-hybridized carbons (Fsp3) is 0.500. The molecule has 0 radical (unpaired) electrons. The number of phenols is 1. The molecule has 0 aliphatic rings.